The third-order valence-corrected chi connectivity index (χ3v) is 19.4. The van der Waals surface area contributed by atoms with Crippen molar-refractivity contribution < 1.29 is 0 Å². The highest BCUT2D eigenvalue weighted by Gasteiger charge is 2.49. The van der Waals surface area contributed by atoms with Gasteiger partial charge in [0.2, 0.25) is 0 Å². The molecule has 0 spiro atoms. The summed E-state index contributed by atoms with van der Waals surface area (Å²) in [5, 5.41) is 2.78. The van der Waals surface area contributed by atoms with E-state index in [0.717, 1.165) is 0 Å². The summed E-state index contributed by atoms with van der Waals surface area (Å²) in [4.78, 5) is 5.39. The van der Waals surface area contributed by atoms with Gasteiger partial charge in [-0.2, -0.15) is 0 Å². The van der Waals surface area contributed by atoms with E-state index in [0.29, 0.717) is 0 Å². The summed E-state index contributed by atoms with van der Waals surface area (Å²) in [6.07, 6.45) is 9.25. The van der Waals surface area contributed by atoms with Crippen molar-refractivity contribution in [1.82, 2.24) is 0 Å². The van der Waals surface area contributed by atoms with Gasteiger partial charge in [0.15, 0.2) is 0 Å². The van der Waals surface area contributed by atoms with Gasteiger partial charge in [0.1, 0.15) is 0 Å². The quantitative estimate of drug-likeness (QED) is 0.163. The first kappa shape index (κ1) is 44.9. The molecule has 2 nitrogen and oxygen atoms in total. The minimum Gasteiger partial charge on any atom is -0.311 e. The average molecular weight is 903 g/mol. The van der Waals surface area contributed by atoms with Crippen molar-refractivity contribution in [2.75, 3.05) is 9.80 Å². The van der Waals surface area contributed by atoms with Crippen LogP contribution in [-0.2, 0) is 37.9 Å². The van der Waals surface area contributed by atoms with Crippen molar-refractivity contribution in [3.63, 3.8) is 0 Å². The summed E-state index contributed by atoms with van der Waals surface area (Å²) in [6, 6.07) is 30.5. The lowest BCUT2D eigenvalue weighted by atomic mass is 9.33. The summed E-state index contributed by atoms with van der Waals surface area (Å²) < 4.78 is 1.40. The van der Waals surface area contributed by atoms with E-state index < -0.39 is 0 Å². The lowest BCUT2D eigenvalue weighted by molar-refractivity contribution is 0.332. The van der Waals surface area contributed by atoms with E-state index in [-0.39, 0.29) is 44.6 Å². The van der Waals surface area contributed by atoms with Crippen LogP contribution in [0.2, 0.25) is 0 Å². The summed E-state index contributed by atoms with van der Waals surface area (Å²) in [6.45, 7) is 43.7. The maximum Gasteiger partial charge on any atom is 0.254 e. The van der Waals surface area contributed by atoms with Crippen LogP contribution in [0.5, 0.6) is 0 Å². The van der Waals surface area contributed by atoms with Gasteiger partial charge in [-0.25, -0.2) is 0 Å². The van der Waals surface area contributed by atoms with Crippen LogP contribution in [0.1, 0.15) is 192 Å². The van der Waals surface area contributed by atoms with Crippen LogP contribution in [0.25, 0.3) is 16.2 Å². The smallest absolute Gasteiger partial charge is 0.254 e. The Morgan fingerprint density at radius 3 is 1.60 bits per heavy atom. The number of hydrogen-bond acceptors (Lipinski definition) is 3. The fourth-order valence-corrected chi connectivity index (χ4v) is 14.7. The molecule has 5 aliphatic rings. The van der Waals surface area contributed by atoms with E-state index in [1.165, 1.54) is 149 Å². The number of thiophene rings is 1. The Kier molecular flexibility index (Phi) is 9.42. The zero-order valence-corrected chi connectivity index (χ0v) is 44.7. The Balaban J connectivity index is 1.29. The minimum absolute atomic E-state index is 0.0115. The number of benzene rings is 5. The first-order chi connectivity index (χ1) is 31.1. The second-order valence-corrected chi connectivity index (χ2v) is 27.8. The van der Waals surface area contributed by atoms with Crippen molar-refractivity contribution in [2.24, 2.45) is 0 Å². The molecule has 0 bridgehead atoms. The molecule has 0 N–H and O–H groups in total. The normalized spacial score (nSPS) is 20.9. The standard InChI is InChI=1S/C63H75BN2S/c1-18-38-31-39(57(3,4)5)19-22-49(38)66-52-30-37(2)29-51-55(52)64(54-41-33-44-47(36-53(41)67-56(54)66)63(16,17)28-25-60(44,10)11)48-34-45-46(62(14,15)27-26-61(45,12)13)35-50(48)65(51)40-20-21-42-43(32-40)59(8,9)24-23-58(42,6)7/h18-22,29-36H,1,23-28H2,2-17H3. The van der Waals surface area contributed by atoms with E-state index in [1.54, 1.807) is 0 Å². The second-order valence-electron chi connectivity index (χ2n) is 26.8. The fourth-order valence-electron chi connectivity index (χ4n) is 13.4. The molecular formula is C63H75BN2S. The molecule has 11 rings (SSSR count). The third kappa shape index (κ3) is 6.53. The molecule has 0 saturated carbocycles. The second kappa shape index (κ2) is 14.1. The Bertz CT molecular complexity index is 3120. The van der Waals surface area contributed by atoms with Crippen LogP contribution in [0, 0.1) is 6.92 Å². The van der Waals surface area contributed by atoms with Gasteiger partial charge in [0.25, 0.3) is 6.71 Å². The number of nitrogens with zero attached hydrogens (tertiary/aromatic N) is 2. The number of fused-ring (bicyclic) bond motifs is 9. The van der Waals surface area contributed by atoms with Gasteiger partial charge >= 0.3 is 0 Å². The molecule has 1 aromatic heterocycles. The monoisotopic (exact) mass is 903 g/mol. The summed E-state index contributed by atoms with van der Waals surface area (Å²) >= 11 is 2.02. The number of hydrogen-bond donors (Lipinski definition) is 0. The van der Waals surface area contributed by atoms with Gasteiger partial charge in [-0.1, -0.05) is 135 Å². The summed E-state index contributed by atoms with van der Waals surface area (Å²) in [5.41, 5.74) is 24.2. The third-order valence-electron chi connectivity index (χ3n) is 18.2. The Labute approximate surface area is 408 Å². The molecule has 0 atom stereocenters. The van der Waals surface area contributed by atoms with E-state index >= 15 is 0 Å². The molecule has 4 heteroatoms. The lowest BCUT2D eigenvalue weighted by Gasteiger charge is -2.47. The fraction of sp³-hybridized carbons (Fsp3) is 0.460. The molecule has 2 aliphatic heterocycles. The van der Waals surface area contributed by atoms with E-state index in [2.05, 4.69) is 206 Å². The minimum atomic E-state index is 0.0115. The maximum absolute atomic E-state index is 4.50. The Morgan fingerprint density at radius 1 is 0.522 bits per heavy atom. The van der Waals surface area contributed by atoms with E-state index in [1.807, 2.05) is 11.3 Å². The van der Waals surface area contributed by atoms with Crippen LogP contribution in [0.3, 0.4) is 0 Å². The van der Waals surface area contributed by atoms with Crippen molar-refractivity contribution in [2.45, 2.75) is 187 Å². The maximum atomic E-state index is 4.50. The molecule has 346 valence electrons. The largest absolute Gasteiger partial charge is 0.311 e. The average Bonchev–Trinajstić information content (AvgIpc) is 3.62. The molecule has 0 fully saturated rings. The highest BCUT2D eigenvalue weighted by atomic mass is 32.1. The predicted molar refractivity (Wildman–Crippen MR) is 295 cm³/mol. The molecule has 3 heterocycles. The summed E-state index contributed by atoms with van der Waals surface area (Å²) in [5.74, 6) is 0. The Morgan fingerprint density at radius 2 is 1.03 bits per heavy atom. The lowest BCUT2D eigenvalue weighted by Crippen LogP contribution is -2.61. The first-order valence-corrected chi connectivity index (χ1v) is 26.4. The van der Waals surface area contributed by atoms with Crippen molar-refractivity contribution >= 4 is 84.0 Å². The molecule has 67 heavy (non-hydrogen) atoms. The molecule has 6 aromatic rings. The van der Waals surface area contributed by atoms with Crippen molar-refractivity contribution in [3.8, 4) is 0 Å². The van der Waals surface area contributed by atoms with Crippen LogP contribution in [0.4, 0.5) is 33.4 Å². The highest BCUT2D eigenvalue weighted by Crippen LogP contribution is 2.55. The number of anilines is 6. The van der Waals surface area contributed by atoms with E-state index in [4.69, 9.17) is 0 Å². The van der Waals surface area contributed by atoms with Gasteiger partial charge in [-0.15, -0.1) is 11.3 Å². The number of rotatable bonds is 3. The van der Waals surface area contributed by atoms with Gasteiger partial charge in [0, 0.05) is 27.4 Å². The van der Waals surface area contributed by atoms with E-state index in [9.17, 15) is 0 Å². The molecular weight excluding hydrogens is 828 g/mol. The molecule has 3 aliphatic carbocycles. The molecule has 0 saturated heterocycles. The van der Waals surface area contributed by atoms with Crippen LogP contribution < -0.4 is 26.2 Å². The van der Waals surface area contributed by atoms with Crippen molar-refractivity contribution in [3.05, 3.63) is 129 Å². The van der Waals surface area contributed by atoms with Crippen LogP contribution in [-0.4, -0.2) is 6.71 Å². The molecule has 0 unspecified atom stereocenters. The zero-order valence-electron chi connectivity index (χ0n) is 43.8. The van der Waals surface area contributed by atoms with Gasteiger partial charge < -0.3 is 9.80 Å². The van der Waals surface area contributed by atoms with Gasteiger partial charge in [-0.3, -0.25) is 0 Å². The first-order valence-electron chi connectivity index (χ1n) is 25.6. The topological polar surface area (TPSA) is 6.48 Å². The highest BCUT2D eigenvalue weighted by molar-refractivity contribution is 7.26. The zero-order chi connectivity index (χ0) is 47.9. The van der Waals surface area contributed by atoms with Crippen LogP contribution in [0.15, 0.2) is 79.4 Å². The van der Waals surface area contributed by atoms with Gasteiger partial charge in [-0.05, 0) is 210 Å². The molecule has 0 amide bonds. The molecule has 5 aromatic carbocycles. The Hall–Kier alpha value is -4.54. The molecule has 0 radical (unpaired) electrons. The van der Waals surface area contributed by atoms with Gasteiger partial charge in [0.05, 0.1) is 10.7 Å². The predicted octanol–water partition coefficient (Wildman–Crippen LogP) is 16.3. The van der Waals surface area contributed by atoms with Crippen LogP contribution >= 0.6 is 11.3 Å². The van der Waals surface area contributed by atoms with Crippen molar-refractivity contribution in [1.29, 1.82) is 0 Å². The number of aryl methyl sites for hydroxylation is 1. The summed E-state index contributed by atoms with van der Waals surface area (Å²) in [7, 11) is 0. The SMILES string of the molecule is C=Cc1cc(C(C)(C)C)ccc1N1c2cc(C)cc3c2B(c2cc4c(cc2N3c2ccc3c(c2)C(C)(C)CCC3(C)C)C(C)(C)CCC4(C)C)c2c1sc1cc3c(cc21)C(C)(C)CCC3(C)C.